The second-order valence-corrected chi connectivity index (χ2v) is 22.0. The summed E-state index contributed by atoms with van der Waals surface area (Å²) in [5.74, 6) is -13.7. The smallest absolute Gasteiger partial charge is 0.326 e. The summed E-state index contributed by atoms with van der Waals surface area (Å²) in [5, 5.41) is 65.9. The van der Waals surface area contributed by atoms with Crippen LogP contribution in [0.1, 0.15) is 63.5 Å². The number of aliphatic carboxylic acids is 1. The van der Waals surface area contributed by atoms with Crippen molar-refractivity contribution in [1.29, 1.82) is 0 Å². The summed E-state index contributed by atoms with van der Waals surface area (Å²) in [6.45, 7) is 0.679. The molecule has 88 heavy (non-hydrogen) atoms. The number of phenols is 2. The number of aliphatic hydroxyl groups is 1. The van der Waals surface area contributed by atoms with Crippen molar-refractivity contribution < 1.29 is 82.8 Å². The number of amides is 12. The van der Waals surface area contributed by atoms with Crippen molar-refractivity contribution in [3.8, 4) is 11.5 Å². The van der Waals surface area contributed by atoms with Gasteiger partial charge in [-0.15, -0.1) is 0 Å². The fourth-order valence-corrected chi connectivity index (χ4v) is 8.85. The topological polar surface area (TPSA) is 513 Å². The Labute approximate surface area is 523 Å². The van der Waals surface area contributed by atoms with E-state index in [1.54, 1.807) is 20.1 Å². The van der Waals surface area contributed by atoms with Gasteiger partial charge in [0.1, 0.15) is 59.8 Å². The number of benzene rings is 2. The number of rotatable bonds is 41. The number of carboxylic acids is 1. The predicted octanol–water partition coefficient (Wildman–Crippen LogP) is -5.82. The standard InChI is InChI=1S/C54H82N14O17S3/c1-28(2)45(53(83)64-37(54(84)85)21-30-9-13-32(71)14-10-30)68-50(80)38(25-69)65-52(82)40(27-87)67-48(78)35(17-19-88-3)62-49(79)36(20-29-7-11-31(70)12-8-29)63-51(81)39(26-86)66-47(77)34(15-16-41(57)72)61-44(75)24-59-42(73)22-58-43(74)23-60-46(76)33(56)6-4-5-18-55/h7-14,28,33-40,45,69-71,86-87H,4-6,15-27,55-56H2,1-3H3,(H2,57,72)(H,58,74)(H,59,73)(H,60,76)(H,61,75)(H,62,79)(H,63,81)(H,64,83)(H,65,82)(H,66,77)(H,67,78)(H,68,80)(H,84,85)/t33-,34-,35-,36-,37-,38+,39-,40-,45+/m0/s1. The van der Waals surface area contributed by atoms with E-state index >= 15 is 0 Å². The number of aromatic hydroxyl groups is 2. The Kier molecular flexibility index (Phi) is 35.1. The van der Waals surface area contributed by atoms with Gasteiger partial charge in [-0.05, 0) is 85.5 Å². The summed E-state index contributed by atoms with van der Waals surface area (Å²) >= 11 is 9.70. The molecule has 0 saturated heterocycles. The number of thioether (sulfide) groups is 1. The molecule has 0 aliphatic heterocycles. The van der Waals surface area contributed by atoms with Crippen molar-refractivity contribution in [1.82, 2.24) is 58.5 Å². The summed E-state index contributed by atoms with van der Waals surface area (Å²) in [6.07, 6.45) is 1.98. The third kappa shape index (κ3) is 28.7. The molecule has 0 aliphatic carbocycles. The quantitative estimate of drug-likeness (QED) is 0.0218. The molecule has 9 atom stereocenters. The van der Waals surface area contributed by atoms with Crippen LogP contribution in [0.4, 0.5) is 0 Å². The second-order valence-electron chi connectivity index (χ2n) is 20.3. The van der Waals surface area contributed by atoms with Gasteiger partial charge in [0.05, 0.1) is 32.3 Å². The maximum absolute atomic E-state index is 14.3. The Morgan fingerprint density at radius 1 is 0.511 bits per heavy atom. The third-order valence-electron chi connectivity index (χ3n) is 12.9. The third-order valence-corrected chi connectivity index (χ3v) is 14.3. The van der Waals surface area contributed by atoms with E-state index in [1.807, 2.05) is 0 Å². The first kappa shape index (κ1) is 76.2. The summed E-state index contributed by atoms with van der Waals surface area (Å²) in [6, 6.07) is -1.88. The Morgan fingerprint density at radius 3 is 1.40 bits per heavy atom. The number of nitrogens with one attached hydrogen (secondary N) is 11. The molecule has 2 aromatic carbocycles. The van der Waals surface area contributed by atoms with Gasteiger partial charge < -0.3 is 96.1 Å². The van der Waals surface area contributed by atoms with Crippen LogP contribution < -0.4 is 75.7 Å². The van der Waals surface area contributed by atoms with Gasteiger partial charge in [-0.2, -0.15) is 37.0 Å². The van der Waals surface area contributed by atoms with E-state index in [1.165, 1.54) is 60.3 Å². The van der Waals surface area contributed by atoms with Gasteiger partial charge in [0.2, 0.25) is 70.9 Å². The fourth-order valence-electron chi connectivity index (χ4n) is 7.87. The van der Waals surface area contributed by atoms with Crippen LogP contribution in [0, 0.1) is 5.92 Å². The molecule has 0 fully saturated rings. The van der Waals surface area contributed by atoms with Gasteiger partial charge in [0, 0.05) is 30.8 Å². The molecule has 2 rings (SSSR count). The van der Waals surface area contributed by atoms with E-state index in [2.05, 4.69) is 83.7 Å². The lowest BCUT2D eigenvalue weighted by Gasteiger charge is -2.28. The van der Waals surface area contributed by atoms with Crippen LogP contribution >= 0.6 is 37.0 Å². The van der Waals surface area contributed by atoms with Crippen molar-refractivity contribution in [2.24, 2.45) is 23.1 Å². The number of carboxylic acid groups (broad SMARTS) is 1. The lowest BCUT2D eigenvalue weighted by molar-refractivity contribution is -0.142. The lowest BCUT2D eigenvalue weighted by atomic mass is 10.0. The zero-order valence-electron chi connectivity index (χ0n) is 48.8. The normalized spacial score (nSPS) is 14.0. The van der Waals surface area contributed by atoms with E-state index in [-0.39, 0.29) is 42.9 Å². The summed E-state index contributed by atoms with van der Waals surface area (Å²) in [5.41, 5.74) is 17.4. The summed E-state index contributed by atoms with van der Waals surface area (Å²) < 4.78 is 0. The molecule has 0 saturated carbocycles. The molecule has 0 heterocycles. The molecule has 2 aromatic rings. The Hall–Kier alpha value is -7.92. The maximum Gasteiger partial charge on any atom is 0.326 e. The largest absolute Gasteiger partial charge is 0.508 e. The Bertz CT molecular complexity index is 2700. The first-order chi connectivity index (χ1) is 41.7. The van der Waals surface area contributed by atoms with E-state index < -0.39 is 181 Å². The highest BCUT2D eigenvalue weighted by atomic mass is 32.2. The van der Waals surface area contributed by atoms with E-state index in [4.69, 9.17) is 17.2 Å². The van der Waals surface area contributed by atoms with Crippen LogP contribution in [-0.2, 0) is 75.2 Å². The summed E-state index contributed by atoms with van der Waals surface area (Å²) in [7, 11) is 0. The van der Waals surface area contributed by atoms with Gasteiger partial charge in [-0.1, -0.05) is 44.5 Å². The number of carbonyl (C=O) groups excluding carboxylic acids is 12. The highest BCUT2D eigenvalue weighted by molar-refractivity contribution is 7.98. The average molecular weight is 1300 g/mol. The molecule has 0 unspecified atom stereocenters. The second kappa shape index (κ2) is 40.5. The number of hydrogen-bond donors (Lipinski definition) is 20. The zero-order chi connectivity index (χ0) is 66.0. The van der Waals surface area contributed by atoms with Crippen LogP contribution in [0.3, 0.4) is 0 Å². The van der Waals surface area contributed by atoms with Crippen LogP contribution in [-0.4, -0.2) is 208 Å². The first-order valence-electron chi connectivity index (χ1n) is 27.7. The van der Waals surface area contributed by atoms with Crippen LogP contribution in [0.2, 0.25) is 0 Å². The highest BCUT2D eigenvalue weighted by Crippen LogP contribution is 2.15. The summed E-state index contributed by atoms with van der Waals surface area (Å²) in [4.78, 5) is 170. The van der Waals surface area contributed by atoms with Crippen molar-refractivity contribution in [2.45, 2.75) is 120 Å². The molecule has 0 aromatic heterocycles. The zero-order valence-corrected chi connectivity index (χ0v) is 51.4. The molecule has 488 valence electrons. The monoisotopic (exact) mass is 1290 g/mol. The van der Waals surface area contributed by atoms with Gasteiger partial charge in [0.25, 0.3) is 0 Å². The maximum atomic E-state index is 14.3. The van der Waals surface area contributed by atoms with Gasteiger partial charge in [-0.25, -0.2) is 4.79 Å². The average Bonchev–Trinajstić information content (AvgIpc) is 3.64. The molecule has 0 bridgehead atoms. The molecule has 12 amide bonds. The molecular formula is C54H82N14O17S3. The lowest BCUT2D eigenvalue weighted by Crippen LogP contribution is -2.61. The number of nitrogens with two attached hydrogens (primary N) is 3. The highest BCUT2D eigenvalue weighted by Gasteiger charge is 2.35. The number of phenolic OH excluding ortho intramolecular Hbond substituents is 2. The minimum Gasteiger partial charge on any atom is -0.508 e. The number of aliphatic hydroxyl groups excluding tert-OH is 1. The number of thiol groups is 2. The van der Waals surface area contributed by atoms with Gasteiger partial charge in [0.15, 0.2) is 0 Å². The molecule has 0 radical (unpaired) electrons. The van der Waals surface area contributed by atoms with Crippen molar-refractivity contribution >= 4 is 114 Å². The number of carbonyl (C=O) groups is 13. The molecular weight excluding hydrogens is 1210 g/mol. The number of unbranched alkanes of at least 4 members (excludes halogenated alkanes) is 1. The Balaban J connectivity index is 2.22. The van der Waals surface area contributed by atoms with Crippen molar-refractivity contribution in [3.63, 3.8) is 0 Å². The number of hydrogen-bond acceptors (Lipinski definition) is 21. The first-order valence-corrected chi connectivity index (χ1v) is 30.4. The predicted molar refractivity (Wildman–Crippen MR) is 328 cm³/mol. The SMILES string of the molecule is CSCC[C@H](NC(=O)[C@H](Cc1ccc(O)cc1)NC(=O)[C@H](CS)NC(=O)[C@H](CCC(N)=O)NC(=O)CNC(=O)CNC(=O)CNC(=O)[C@@H](N)CCCCN)C(=O)N[C@@H](CS)C(=O)N[C@H](CO)C(=O)N[C@@H](C(=O)N[C@@H](Cc1ccc(O)cc1)C(=O)O)C(C)C. The molecule has 21 N–H and O–H groups in total. The molecule has 34 heteroatoms. The fraction of sp³-hybridized carbons (Fsp3) is 0.537. The Morgan fingerprint density at radius 2 is 0.932 bits per heavy atom. The minimum absolute atomic E-state index is 0.0564. The van der Waals surface area contributed by atoms with Crippen LogP contribution in [0.25, 0.3) is 0 Å². The van der Waals surface area contributed by atoms with Gasteiger partial charge in [-0.3, -0.25) is 57.5 Å². The van der Waals surface area contributed by atoms with E-state index in [0.717, 1.165) is 0 Å². The van der Waals surface area contributed by atoms with Crippen molar-refractivity contribution in [2.75, 3.05) is 56.3 Å². The van der Waals surface area contributed by atoms with Gasteiger partial charge >= 0.3 is 5.97 Å². The molecule has 0 aliphatic rings. The molecule has 0 spiro atoms. The number of primary amides is 1. The van der Waals surface area contributed by atoms with E-state index in [9.17, 15) is 82.8 Å². The van der Waals surface area contributed by atoms with Crippen LogP contribution in [0.15, 0.2) is 48.5 Å². The van der Waals surface area contributed by atoms with E-state index in [0.29, 0.717) is 36.9 Å². The molecule has 31 nitrogen and oxygen atoms in total. The minimum atomic E-state index is -1.72. The van der Waals surface area contributed by atoms with Crippen LogP contribution in [0.5, 0.6) is 11.5 Å². The van der Waals surface area contributed by atoms with Crippen molar-refractivity contribution in [3.05, 3.63) is 59.7 Å².